The quantitative estimate of drug-likeness (QED) is 0.321. The third-order valence-electron chi connectivity index (χ3n) is 2.91. The molecule has 0 aromatic carbocycles. The molecule has 0 saturated carbocycles. The molecule has 0 aromatic heterocycles. The molecule has 0 unspecified atom stereocenters. The topological polar surface area (TPSA) is 24.7 Å². The molecule has 0 atom stereocenters. The summed E-state index contributed by atoms with van der Waals surface area (Å²) in [5.74, 6) is 0. The van der Waals surface area contributed by atoms with Gasteiger partial charge in [0.2, 0.25) is 0 Å². The fourth-order valence-electron chi connectivity index (χ4n) is 1.86. The Balaban J connectivity index is 0.000000351. The van der Waals surface area contributed by atoms with Crippen LogP contribution in [-0.2, 0) is 9.47 Å². The first-order valence-electron chi connectivity index (χ1n) is 7.28. The summed E-state index contributed by atoms with van der Waals surface area (Å²) in [6, 6.07) is 0. The van der Waals surface area contributed by atoms with Gasteiger partial charge < -0.3 is 14.4 Å². The summed E-state index contributed by atoms with van der Waals surface area (Å²) in [7, 11) is -10.7. The fourth-order valence-corrected chi connectivity index (χ4v) is 1.86. The van der Waals surface area contributed by atoms with Gasteiger partial charge in [-0.05, 0) is 12.3 Å². The molecule has 2 saturated heterocycles. The van der Waals surface area contributed by atoms with Crippen LogP contribution in [0.25, 0.3) is 0 Å². The molecular formula is C13H21F6N2O2P. The zero-order valence-corrected chi connectivity index (χ0v) is 13.9. The molecule has 2 aliphatic rings. The van der Waals surface area contributed by atoms with Crippen LogP contribution in [0.4, 0.5) is 25.2 Å². The van der Waals surface area contributed by atoms with Crippen molar-refractivity contribution in [1.82, 2.24) is 4.90 Å². The number of halogens is 6. The summed E-state index contributed by atoms with van der Waals surface area (Å²) >= 11 is 0. The van der Waals surface area contributed by atoms with Gasteiger partial charge in [-0.25, -0.2) is 4.58 Å². The first-order valence-corrected chi connectivity index (χ1v) is 9.31. The van der Waals surface area contributed by atoms with E-state index in [0.717, 1.165) is 52.6 Å². The molecule has 2 fully saturated rings. The van der Waals surface area contributed by atoms with Crippen molar-refractivity contribution in [2.45, 2.75) is 0 Å². The number of hydrogen-bond donors (Lipinski definition) is 0. The maximum atomic E-state index is 9.87. The SMILES string of the molecule is C(/C=C/C=C/N1CCOCC1)=[N+]1CCOCC1.F[P-](F)(F)(F)(F)F. The van der Waals surface area contributed by atoms with Crippen LogP contribution in [0.2, 0.25) is 0 Å². The van der Waals surface area contributed by atoms with E-state index in [0.29, 0.717) is 0 Å². The first kappa shape index (κ1) is 20.9. The number of rotatable bonds is 3. The monoisotopic (exact) mass is 382 g/mol. The van der Waals surface area contributed by atoms with Gasteiger partial charge >= 0.3 is 33.0 Å². The molecule has 0 spiro atoms. The third kappa shape index (κ3) is 15.8. The van der Waals surface area contributed by atoms with Crippen LogP contribution in [0.1, 0.15) is 0 Å². The molecule has 11 heteroatoms. The summed E-state index contributed by atoms with van der Waals surface area (Å²) < 4.78 is 72.1. The molecule has 0 N–H and O–H groups in total. The van der Waals surface area contributed by atoms with Crippen molar-refractivity contribution in [2.75, 3.05) is 52.6 Å². The molecule has 2 heterocycles. The average molecular weight is 382 g/mol. The Bertz CT molecular complexity index is 464. The summed E-state index contributed by atoms with van der Waals surface area (Å²) in [6.07, 6.45) is 10.5. The minimum absolute atomic E-state index is 0.841. The van der Waals surface area contributed by atoms with E-state index in [1.165, 1.54) is 0 Å². The Labute approximate surface area is 136 Å². The van der Waals surface area contributed by atoms with Gasteiger partial charge in [0.25, 0.3) is 0 Å². The van der Waals surface area contributed by atoms with E-state index in [1.54, 1.807) is 0 Å². The van der Waals surface area contributed by atoms with Crippen LogP contribution >= 0.6 is 7.81 Å². The van der Waals surface area contributed by atoms with E-state index < -0.39 is 7.81 Å². The second kappa shape index (κ2) is 7.84. The van der Waals surface area contributed by atoms with Crippen molar-refractivity contribution < 1.29 is 39.2 Å². The van der Waals surface area contributed by atoms with Crippen molar-refractivity contribution in [3.05, 3.63) is 24.4 Å². The molecule has 24 heavy (non-hydrogen) atoms. The van der Waals surface area contributed by atoms with Crippen molar-refractivity contribution in [1.29, 1.82) is 0 Å². The summed E-state index contributed by atoms with van der Waals surface area (Å²) in [4.78, 5) is 2.28. The summed E-state index contributed by atoms with van der Waals surface area (Å²) in [5.41, 5.74) is 0. The summed E-state index contributed by atoms with van der Waals surface area (Å²) in [6.45, 7) is 7.36. The Kier molecular flexibility index (Phi) is 6.84. The zero-order valence-electron chi connectivity index (χ0n) is 13.0. The Hall–Kier alpha value is -1.12. The van der Waals surface area contributed by atoms with Crippen molar-refractivity contribution in [3.63, 3.8) is 0 Å². The molecule has 0 amide bonds. The molecule has 142 valence electrons. The standard InChI is InChI=1S/C13H21N2O2.F6P/c1(2-4-14-6-10-16-11-7-14)3-5-15-8-12-17-13-9-15;1-7(2,3,4,5)6/h1-5H,6-13H2;/q+1;-1. The van der Waals surface area contributed by atoms with Gasteiger partial charge in [0.1, 0.15) is 13.2 Å². The molecule has 0 radical (unpaired) electrons. The van der Waals surface area contributed by atoms with E-state index in [-0.39, 0.29) is 0 Å². The molecule has 0 aromatic rings. The number of nitrogens with zero attached hydrogens (tertiary/aromatic N) is 2. The second-order valence-corrected chi connectivity index (χ2v) is 7.05. The molecule has 0 bridgehead atoms. The van der Waals surface area contributed by atoms with Gasteiger partial charge in [-0.1, -0.05) is 6.08 Å². The zero-order chi connectivity index (χ0) is 18.2. The van der Waals surface area contributed by atoms with Crippen LogP contribution in [0.5, 0.6) is 0 Å². The van der Waals surface area contributed by atoms with E-state index in [4.69, 9.17) is 9.47 Å². The normalized spacial score (nSPS) is 22.8. The summed E-state index contributed by atoms with van der Waals surface area (Å²) in [5, 5.41) is 0. The Morgan fingerprint density at radius 3 is 1.79 bits per heavy atom. The van der Waals surface area contributed by atoms with Crippen LogP contribution in [0.15, 0.2) is 24.4 Å². The average Bonchev–Trinajstić information content (AvgIpc) is 2.46. The molecule has 2 rings (SSSR count). The maximum absolute atomic E-state index is 10.7. The van der Waals surface area contributed by atoms with E-state index in [2.05, 4.69) is 40.1 Å². The number of hydrogen-bond acceptors (Lipinski definition) is 3. The van der Waals surface area contributed by atoms with Gasteiger partial charge in [0.05, 0.1) is 13.2 Å². The van der Waals surface area contributed by atoms with E-state index in [9.17, 15) is 25.2 Å². The third-order valence-corrected chi connectivity index (χ3v) is 2.91. The van der Waals surface area contributed by atoms with Gasteiger partial charge in [0.15, 0.2) is 19.3 Å². The number of allylic oxidation sites excluding steroid dienone is 3. The minimum atomic E-state index is -10.7. The van der Waals surface area contributed by atoms with E-state index >= 15 is 0 Å². The van der Waals surface area contributed by atoms with Gasteiger partial charge in [0, 0.05) is 19.2 Å². The van der Waals surface area contributed by atoms with Crippen molar-refractivity contribution >= 4 is 14.0 Å². The van der Waals surface area contributed by atoms with Crippen LogP contribution in [0.3, 0.4) is 0 Å². The molecule has 4 nitrogen and oxygen atoms in total. The second-order valence-electron chi connectivity index (χ2n) is 5.13. The van der Waals surface area contributed by atoms with Crippen molar-refractivity contribution in [2.24, 2.45) is 0 Å². The fraction of sp³-hybridized carbons (Fsp3) is 0.615. The van der Waals surface area contributed by atoms with Gasteiger partial charge in [-0.15, -0.1) is 0 Å². The predicted molar refractivity (Wildman–Crippen MR) is 81.1 cm³/mol. The first-order chi connectivity index (χ1) is 10.9. The van der Waals surface area contributed by atoms with Crippen molar-refractivity contribution in [3.8, 4) is 0 Å². The van der Waals surface area contributed by atoms with Gasteiger partial charge in [-0.2, -0.15) is 0 Å². The molecular weight excluding hydrogens is 361 g/mol. The Morgan fingerprint density at radius 1 is 0.750 bits per heavy atom. The van der Waals surface area contributed by atoms with Gasteiger partial charge in [-0.3, -0.25) is 0 Å². The van der Waals surface area contributed by atoms with Crippen LogP contribution in [-0.4, -0.2) is 68.3 Å². The van der Waals surface area contributed by atoms with Crippen LogP contribution < -0.4 is 0 Å². The molecule has 2 aliphatic heterocycles. The number of ether oxygens (including phenoxy) is 2. The van der Waals surface area contributed by atoms with Crippen LogP contribution in [0, 0.1) is 0 Å². The number of morpholine rings is 2. The predicted octanol–water partition coefficient (Wildman–Crippen LogP) is 3.88. The Morgan fingerprint density at radius 2 is 1.25 bits per heavy atom. The van der Waals surface area contributed by atoms with E-state index in [1.807, 2.05) is 0 Å². The molecule has 0 aliphatic carbocycles.